The van der Waals surface area contributed by atoms with Crippen LogP contribution in [0, 0.1) is 5.92 Å². The Hall–Kier alpha value is -0.880. The molecule has 0 aliphatic carbocycles. The summed E-state index contributed by atoms with van der Waals surface area (Å²) in [7, 11) is 0. The van der Waals surface area contributed by atoms with Crippen LogP contribution >= 0.6 is 23.4 Å². The van der Waals surface area contributed by atoms with Crippen molar-refractivity contribution in [1.29, 1.82) is 0 Å². The molecule has 0 fully saturated rings. The summed E-state index contributed by atoms with van der Waals surface area (Å²) in [6, 6.07) is 3.97. The molecule has 1 heterocycles. The molecule has 1 atom stereocenters. The highest BCUT2D eigenvalue weighted by Crippen LogP contribution is 2.36. The van der Waals surface area contributed by atoms with Crippen molar-refractivity contribution in [3.05, 3.63) is 28.8 Å². The van der Waals surface area contributed by atoms with Crippen LogP contribution in [0.25, 0.3) is 0 Å². The highest BCUT2D eigenvalue weighted by atomic mass is 35.5. The number of hydrogen-bond donors (Lipinski definition) is 1. The van der Waals surface area contributed by atoms with Crippen molar-refractivity contribution in [2.45, 2.75) is 26.1 Å². The van der Waals surface area contributed by atoms with Crippen LogP contribution in [0.4, 0.5) is 18.9 Å². The van der Waals surface area contributed by atoms with Gasteiger partial charge in [-0.05, 0) is 24.1 Å². The van der Waals surface area contributed by atoms with Crippen LogP contribution in [0.15, 0.2) is 23.2 Å². The molecule has 0 spiro atoms. The summed E-state index contributed by atoms with van der Waals surface area (Å²) in [5.74, 6) is 1.26. The maximum absolute atomic E-state index is 12.8. The number of nitrogens with one attached hydrogen (secondary N) is 1. The molecule has 7 heteroatoms. The van der Waals surface area contributed by atoms with Gasteiger partial charge >= 0.3 is 6.18 Å². The van der Waals surface area contributed by atoms with E-state index >= 15 is 0 Å². The maximum atomic E-state index is 12.8. The number of thioether (sulfide) groups is 1. The fourth-order valence-corrected chi connectivity index (χ4v) is 3.16. The molecule has 1 N–H and O–H groups in total. The average Bonchev–Trinajstić information content (AvgIpc) is 2.79. The van der Waals surface area contributed by atoms with E-state index in [1.54, 1.807) is 0 Å². The highest BCUT2D eigenvalue weighted by Gasteiger charge is 2.33. The van der Waals surface area contributed by atoms with Gasteiger partial charge in [0.25, 0.3) is 0 Å². The van der Waals surface area contributed by atoms with Gasteiger partial charge in [-0.2, -0.15) is 13.2 Å². The quantitative estimate of drug-likeness (QED) is 0.837. The summed E-state index contributed by atoms with van der Waals surface area (Å²) in [6.45, 7) is 4.14. The summed E-state index contributed by atoms with van der Waals surface area (Å²) in [4.78, 5) is 4.45. The Morgan fingerprint density at radius 1 is 1.40 bits per heavy atom. The molecular formula is C13H14ClF3N2S. The average molecular weight is 323 g/mol. The Labute approximate surface area is 124 Å². The van der Waals surface area contributed by atoms with Crippen molar-refractivity contribution < 1.29 is 13.2 Å². The van der Waals surface area contributed by atoms with Gasteiger partial charge in [-0.3, -0.25) is 4.99 Å². The first-order valence-corrected chi connectivity index (χ1v) is 7.48. The van der Waals surface area contributed by atoms with Gasteiger partial charge < -0.3 is 5.32 Å². The third kappa shape index (κ3) is 3.61. The van der Waals surface area contributed by atoms with Crippen LogP contribution < -0.4 is 5.32 Å². The van der Waals surface area contributed by atoms with Gasteiger partial charge in [-0.25, -0.2) is 0 Å². The maximum Gasteiger partial charge on any atom is 0.417 e. The fraction of sp³-hybridized carbons (Fsp3) is 0.462. The molecule has 2 rings (SSSR count). The number of rotatable bonds is 2. The van der Waals surface area contributed by atoms with E-state index in [0.29, 0.717) is 16.8 Å². The predicted molar refractivity (Wildman–Crippen MR) is 78.6 cm³/mol. The summed E-state index contributed by atoms with van der Waals surface area (Å²) < 4.78 is 38.3. The zero-order chi connectivity index (χ0) is 14.9. The van der Waals surface area contributed by atoms with Crippen LogP contribution in [0.5, 0.6) is 0 Å². The predicted octanol–water partition coefficient (Wildman–Crippen LogP) is 4.90. The first kappa shape index (κ1) is 15.5. The molecule has 0 saturated heterocycles. The lowest BCUT2D eigenvalue weighted by Gasteiger charge is -2.12. The lowest BCUT2D eigenvalue weighted by atomic mass is 10.1. The summed E-state index contributed by atoms with van der Waals surface area (Å²) in [5, 5.41) is 3.27. The number of hydrogen-bond acceptors (Lipinski definition) is 3. The number of amidine groups is 1. The molecule has 0 saturated carbocycles. The van der Waals surface area contributed by atoms with Crippen LogP contribution in [-0.4, -0.2) is 17.0 Å². The monoisotopic (exact) mass is 322 g/mol. The van der Waals surface area contributed by atoms with Gasteiger partial charge in [-0.15, -0.1) is 0 Å². The SMILES string of the molecule is CC(C)C1CSC(Nc2ccc(Cl)c(C(F)(F)F)c2)=N1. The Balaban J connectivity index is 2.17. The number of benzene rings is 1. The lowest BCUT2D eigenvalue weighted by Crippen LogP contribution is -2.12. The van der Waals surface area contributed by atoms with E-state index in [2.05, 4.69) is 24.2 Å². The molecular weight excluding hydrogens is 309 g/mol. The molecule has 20 heavy (non-hydrogen) atoms. The Kier molecular flexibility index (Phi) is 4.54. The highest BCUT2D eigenvalue weighted by molar-refractivity contribution is 8.14. The van der Waals surface area contributed by atoms with E-state index in [-0.39, 0.29) is 11.1 Å². The van der Waals surface area contributed by atoms with Gasteiger partial charge in [0.1, 0.15) is 0 Å². The standard InChI is InChI=1S/C13H14ClF3N2S/c1-7(2)11-6-20-12(19-11)18-8-3-4-10(14)9(5-8)13(15,16)17/h3-5,7,11H,6H2,1-2H3,(H,18,19). The second-order valence-electron chi connectivity index (χ2n) is 4.87. The molecule has 1 aromatic rings. The minimum Gasteiger partial charge on any atom is -0.335 e. The molecule has 1 aliphatic rings. The topological polar surface area (TPSA) is 24.4 Å². The van der Waals surface area contributed by atoms with Gasteiger partial charge in [0.05, 0.1) is 16.6 Å². The van der Waals surface area contributed by atoms with E-state index in [4.69, 9.17) is 11.6 Å². The summed E-state index contributed by atoms with van der Waals surface area (Å²) >= 11 is 7.09. The van der Waals surface area contributed by atoms with Crippen molar-refractivity contribution >= 4 is 34.2 Å². The van der Waals surface area contributed by atoms with E-state index in [1.807, 2.05) is 0 Å². The van der Waals surface area contributed by atoms with Crippen molar-refractivity contribution in [2.75, 3.05) is 11.1 Å². The van der Waals surface area contributed by atoms with Crippen LogP contribution in [0.2, 0.25) is 5.02 Å². The van der Waals surface area contributed by atoms with Gasteiger partial charge in [0.15, 0.2) is 5.17 Å². The minimum absolute atomic E-state index is 0.205. The van der Waals surface area contributed by atoms with E-state index in [1.165, 1.54) is 23.9 Å². The molecule has 1 unspecified atom stereocenters. The molecule has 0 amide bonds. The van der Waals surface area contributed by atoms with Gasteiger partial charge in [0, 0.05) is 11.4 Å². The van der Waals surface area contributed by atoms with Crippen molar-refractivity contribution in [2.24, 2.45) is 10.9 Å². The smallest absolute Gasteiger partial charge is 0.335 e. The fourth-order valence-electron chi connectivity index (χ4n) is 1.74. The van der Waals surface area contributed by atoms with Crippen LogP contribution in [0.1, 0.15) is 19.4 Å². The first-order chi connectivity index (χ1) is 9.27. The second-order valence-corrected chi connectivity index (χ2v) is 6.29. The van der Waals surface area contributed by atoms with E-state index in [9.17, 15) is 13.2 Å². The Bertz CT molecular complexity index is 529. The number of nitrogens with zero attached hydrogens (tertiary/aromatic N) is 1. The van der Waals surface area contributed by atoms with Gasteiger partial charge in [-0.1, -0.05) is 37.2 Å². The van der Waals surface area contributed by atoms with E-state index in [0.717, 1.165) is 11.8 Å². The second kappa shape index (κ2) is 5.85. The lowest BCUT2D eigenvalue weighted by molar-refractivity contribution is -0.137. The first-order valence-electron chi connectivity index (χ1n) is 6.11. The zero-order valence-corrected chi connectivity index (χ0v) is 12.5. The normalized spacial score (nSPS) is 19.4. The summed E-state index contributed by atoms with van der Waals surface area (Å²) in [5.41, 5.74) is -0.495. The molecule has 0 radical (unpaired) electrons. The van der Waals surface area contributed by atoms with Crippen LogP contribution in [-0.2, 0) is 6.18 Å². The Morgan fingerprint density at radius 3 is 2.65 bits per heavy atom. The molecule has 110 valence electrons. The van der Waals surface area contributed by atoms with Gasteiger partial charge in [0.2, 0.25) is 0 Å². The summed E-state index contributed by atoms with van der Waals surface area (Å²) in [6.07, 6.45) is -4.46. The molecule has 0 bridgehead atoms. The molecule has 0 aromatic heterocycles. The zero-order valence-electron chi connectivity index (χ0n) is 11.0. The number of anilines is 1. The third-order valence-electron chi connectivity index (χ3n) is 2.97. The third-order valence-corrected chi connectivity index (χ3v) is 4.29. The number of aliphatic imine (C=N–C) groups is 1. The minimum atomic E-state index is -4.46. The van der Waals surface area contributed by atoms with Crippen molar-refractivity contribution in [3.8, 4) is 0 Å². The van der Waals surface area contributed by atoms with E-state index < -0.39 is 11.7 Å². The molecule has 2 nitrogen and oxygen atoms in total. The van der Waals surface area contributed by atoms with Crippen LogP contribution in [0.3, 0.4) is 0 Å². The van der Waals surface area contributed by atoms with Crippen molar-refractivity contribution in [3.63, 3.8) is 0 Å². The Morgan fingerprint density at radius 2 is 2.10 bits per heavy atom. The largest absolute Gasteiger partial charge is 0.417 e. The number of alkyl halides is 3. The molecule has 1 aromatic carbocycles. The number of halogens is 4. The molecule has 1 aliphatic heterocycles. The van der Waals surface area contributed by atoms with Crippen molar-refractivity contribution in [1.82, 2.24) is 0 Å².